The van der Waals surface area contributed by atoms with Gasteiger partial charge in [-0.1, -0.05) is 54.1 Å². The van der Waals surface area contributed by atoms with Crippen molar-refractivity contribution in [3.05, 3.63) is 70.2 Å². The van der Waals surface area contributed by atoms with E-state index >= 15 is 0 Å². The molecular formula is C23H28ClN3O4. The molecule has 166 valence electrons. The highest BCUT2D eigenvalue weighted by atomic mass is 35.5. The van der Waals surface area contributed by atoms with Crippen LogP contribution in [0.5, 0.6) is 0 Å². The summed E-state index contributed by atoms with van der Waals surface area (Å²) in [7, 11) is 1.32. The van der Waals surface area contributed by atoms with Crippen LogP contribution in [0.3, 0.4) is 0 Å². The molecule has 0 bridgehead atoms. The highest BCUT2D eigenvalue weighted by Crippen LogP contribution is 2.25. The zero-order chi connectivity index (χ0) is 22.1. The minimum atomic E-state index is -0.593. The Kier molecular flexibility index (Phi) is 8.70. The Hall–Kier alpha value is -2.61. The lowest BCUT2D eigenvalue weighted by atomic mass is 10.0. The van der Waals surface area contributed by atoms with Crippen molar-refractivity contribution in [2.24, 2.45) is 0 Å². The predicted octanol–water partition coefficient (Wildman–Crippen LogP) is 3.28. The maximum Gasteiger partial charge on any atom is 0.315 e. The van der Waals surface area contributed by atoms with Gasteiger partial charge in [0.15, 0.2) is 0 Å². The Balaban J connectivity index is 1.62. The Morgan fingerprint density at radius 3 is 2.48 bits per heavy atom. The lowest BCUT2D eigenvalue weighted by molar-refractivity contribution is -0.141. The number of hydrogen-bond donors (Lipinski definition) is 2. The molecule has 1 aliphatic rings. The monoisotopic (exact) mass is 445 g/mol. The van der Waals surface area contributed by atoms with Gasteiger partial charge in [-0.25, -0.2) is 4.79 Å². The van der Waals surface area contributed by atoms with E-state index in [4.69, 9.17) is 21.1 Å². The number of ether oxygens (including phenoxy) is 2. The molecule has 1 unspecified atom stereocenters. The highest BCUT2D eigenvalue weighted by molar-refractivity contribution is 6.31. The van der Waals surface area contributed by atoms with Gasteiger partial charge in [0.25, 0.3) is 0 Å². The molecule has 1 saturated heterocycles. The van der Waals surface area contributed by atoms with Crippen molar-refractivity contribution in [1.29, 1.82) is 0 Å². The van der Waals surface area contributed by atoms with Gasteiger partial charge in [0, 0.05) is 31.2 Å². The molecule has 3 rings (SSSR count). The zero-order valence-corrected chi connectivity index (χ0v) is 18.4. The van der Waals surface area contributed by atoms with Crippen LogP contribution in [0.2, 0.25) is 5.02 Å². The molecule has 0 radical (unpaired) electrons. The summed E-state index contributed by atoms with van der Waals surface area (Å²) in [5, 5.41) is 6.23. The lowest BCUT2D eigenvalue weighted by Crippen LogP contribution is -2.39. The first-order valence-corrected chi connectivity index (χ1v) is 10.7. The first kappa shape index (κ1) is 23.1. The topological polar surface area (TPSA) is 79.9 Å². The average Bonchev–Trinajstić information content (AvgIpc) is 2.79. The van der Waals surface area contributed by atoms with E-state index in [1.165, 1.54) is 12.7 Å². The molecule has 8 heteroatoms. The van der Waals surface area contributed by atoms with Crippen molar-refractivity contribution in [1.82, 2.24) is 15.5 Å². The normalized spacial score (nSPS) is 15.2. The van der Waals surface area contributed by atoms with Gasteiger partial charge >= 0.3 is 12.0 Å². The van der Waals surface area contributed by atoms with Crippen molar-refractivity contribution < 1.29 is 19.1 Å². The second kappa shape index (κ2) is 11.7. The van der Waals surface area contributed by atoms with Gasteiger partial charge in [0.2, 0.25) is 0 Å². The number of amides is 2. The number of carbonyl (C=O) groups is 2. The van der Waals surface area contributed by atoms with Crippen molar-refractivity contribution in [2.45, 2.75) is 25.6 Å². The molecular weight excluding hydrogens is 418 g/mol. The highest BCUT2D eigenvalue weighted by Gasteiger charge is 2.21. The Morgan fingerprint density at radius 2 is 1.77 bits per heavy atom. The summed E-state index contributed by atoms with van der Waals surface area (Å²) in [6, 6.07) is 14.2. The fourth-order valence-corrected chi connectivity index (χ4v) is 3.78. The summed E-state index contributed by atoms with van der Waals surface area (Å²) in [5.74, 6) is -0.430. The van der Waals surface area contributed by atoms with Gasteiger partial charge in [-0.2, -0.15) is 0 Å². The number of benzene rings is 2. The fourth-order valence-electron chi connectivity index (χ4n) is 3.52. The second-order valence-corrected chi connectivity index (χ2v) is 7.75. The summed E-state index contributed by atoms with van der Waals surface area (Å²) in [6.45, 7) is 4.47. The molecule has 2 aromatic carbocycles. The van der Waals surface area contributed by atoms with E-state index < -0.39 is 12.0 Å². The third-order valence-corrected chi connectivity index (χ3v) is 5.58. The molecule has 1 heterocycles. The third-order valence-electron chi connectivity index (χ3n) is 5.24. The van der Waals surface area contributed by atoms with Crippen LogP contribution in [0, 0.1) is 0 Å². The van der Waals surface area contributed by atoms with Gasteiger partial charge < -0.3 is 20.1 Å². The molecule has 0 spiro atoms. The average molecular weight is 446 g/mol. The number of rotatable bonds is 8. The van der Waals surface area contributed by atoms with Crippen LogP contribution < -0.4 is 10.6 Å². The van der Waals surface area contributed by atoms with Crippen molar-refractivity contribution in [3.63, 3.8) is 0 Å². The number of hydrogen-bond acceptors (Lipinski definition) is 5. The molecule has 1 atom stereocenters. The Labute approximate surface area is 187 Å². The molecule has 0 saturated carbocycles. The SMILES string of the molecule is COC(=O)CC(NC(=O)NCc1ccccc1CN1CCOCC1)c1ccccc1Cl. The largest absolute Gasteiger partial charge is 0.469 e. The number of nitrogens with zero attached hydrogens (tertiary/aromatic N) is 1. The van der Waals surface area contributed by atoms with Crippen LogP contribution in [-0.2, 0) is 27.4 Å². The van der Waals surface area contributed by atoms with Crippen LogP contribution in [-0.4, -0.2) is 50.3 Å². The Bertz CT molecular complexity index is 887. The minimum Gasteiger partial charge on any atom is -0.469 e. The predicted molar refractivity (Wildman–Crippen MR) is 119 cm³/mol. The Morgan fingerprint density at radius 1 is 1.10 bits per heavy atom. The molecule has 2 N–H and O–H groups in total. The van der Waals surface area contributed by atoms with Crippen molar-refractivity contribution >= 4 is 23.6 Å². The molecule has 0 aromatic heterocycles. The summed E-state index contributed by atoms with van der Waals surface area (Å²) >= 11 is 6.28. The number of esters is 1. The fraction of sp³-hybridized carbons (Fsp3) is 0.391. The third kappa shape index (κ3) is 6.95. The first-order chi connectivity index (χ1) is 15.1. The van der Waals surface area contributed by atoms with Crippen LogP contribution in [0.1, 0.15) is 29.2 Å². The van der Waals surface area contributed by atoms with Gasteiger partial charge in [-0.05, 0) is 22.8 Å². The van der Waals surface area contributed by atoms with E-state index in [1.54, 1.807) is 18.2 Å². The number of urea groups is 1. The summed E-state index contributed by atoms with van der Waals surface area (Å²) in [5.41, 5.74) is 2.88. The lowest BCUT2D eigenvalue weighted by Gasteiger charge is -2.27. The summed E-state index contributed by atoms with van der Waals surface area (Å²) in [6.07, 6.45) is -0.0126. The molecule has 2 amide bonds. The second-order valence-electron chi connectivity index (χ2n) is 7.34. The van der Waals surface area contributed by atoms with Gasteiger partial charge in [0.05, 0.1) is 32.8 Å². The van der Waals surface area contributed by atoms with E-state index in [9.17, 15) is 9.59 Å². The van der Waals surface area contributed by atoms with Gasteiger partial charge in [-0.15, -0.1) is 0 Å². The van der Waals surface area contributed by atoms with E-state index in [2.05, 4.69) is 21.6 Å². The zero-order valence-electron chi connectivity index (χ0n) is 17.6. The van der Waals surface area contributed by atoms with Gasteiger partial charge in [0.1, 0.15) is 0 Å². The van der Waals surface area contributed by atoms with Crippen LogP contribution in [0.25, 0.3) is 0 Å². The summed E-state index contributed by atoms with van der Waals surface area (Å²) in [4.78, 5) is 26.8. The van der Waals surface area contributed by atoms with Crippen molar-refractivity contribution in [2.75, 3.05) is 33.4 Å². The van der Waals surface area contributed by atoms with E-state index in [0.29, 0.717) is 17.1 Å². The number of methoxy groups -OCH3 is 1. The maximum absolute atomic E-state index is 12.6. The van der Waals surface area contributed by atoms with Gasteiger partial charge in [-0.3, -0.25) is 9.69 Å². The molecule has 1 fully saturated rings. The minimum absolute atomic E-state index is 0.0126. The number of carbonyl (C=O) groups excluding carboxylic acids is 2. The molecule has 31 heavy (non-hydrogen) atoms. The van der Waals surface area contributed by atoms with Crippen molar-refractivity contribution in [3.8, 4) is 0 Å². The van der Waals surface area contributed by atoms with Crippen LogP contribution in [0.4, 0.5) is 4.79 Å². The molecule has 2 aromatic rings. The molecule has 0 aliphatic carbocycles. The van der Waals surface area contributed by atoms with Crippen LogP contribution in [0.15, 0.2) is 48.5 Å². The summed E-state index contributed by atoms with van der Waals surface area (Å²) < 4.78 is 10.2. The molecule has 1 aliphatic heterocycles. The maximum atomic E-state index is 12.6. The molecule has 7 nitrogen and oxygen atoms in total. The number of nitrogens with one attached hydrogen (secondary N) is 2. The van der Waals surface area contributed by atoms with Crippen LogP contribution >= 0.6 is 11.6 Å². The number of halogens is 1. The quantitative estimate of drug-likeness (QED) is 0.609. The smallest absolute Gasteiger partial charge is 0.315 e. The number of morpholine rings is 1. The van der Waals surface area contributed by atoms with E-state index in [-0.39, 0.29) is 12.5 Å². The van der Waals surface area contributed by atoms with E-state index in [1.807, 2.05) is 24.3 Å². The van der Waals surface area contributed by atoms with E-state index in [0.717, 1.165) is 38.4 Å². The standard InChI is InChI=1S/C23H28ClN3O4/c1-30-22(28)14-21(19-8-4-5-9-20(19)24)26-23(29)25-15-17-6-2-3-7-18(17)16-27-10-12-31-13-11-27/h2-9,21H,10-16H2,1H3,(H2,25,26,29). The first-order valence-electron chi connectivity index (χ1n) is 10.3.